The first-order chi connectivity index (χ1) is 8.36. The Morgan fingerprint density at radius 2 is 2.00 bits per heavy atom. The van der Waals surface area contributed by atoms with E-state index in [-0.39, 0.29) is 6.61 Å². The van der Waals surface area contributed by atoms with Crippen molar-refractivity contribution in [1.82, 2.24) is 4.98 Å². The summed E-state index contributed by atoms with van der Waals surface area (Å²) in [5, 5.41) is 10.2. The molecule has 1 aromatic heterocycles. The predicted molar refractivity (Wildman–Crippen MR) is 68.1 cm³/mol. The minimum Gasteiger partial charge on any atom is -0.392 e. The minimum atomic E-state index is 0.0700. The number of benzene rings is 1. The van der Waals surface area contributed by atoms with Crippen LogP contribution in [0.5, 0.6) is 0 Å². The summed E-state index contributed by atoms with van der Waals surface area (Å²) < 4.78 is 0. The summed E-state index contributed by atoms with van der Waals surface area (Å²) in [5.41, 5.74) is 3.74. The molecular formula is C14H12N2O. The highest BCUT2D eigenvalue weighted by Crippen LogP contribution is 2.18. The van der Waals surface area contributed by atoms with Gasteiger partial charge in [-0.05, 0) is 17.7 Å². The van der Waals surface area contributed by atoms with Gasteiger partial charge < -0.3 is 5.11 Å². The third-order valence-corrected chi connectivity index (χ3v) is 2.89. The first-order valence-electron chi connectivity index (χ1n) is 5.58. The highest BCUT2D eigenvalue weighted by Gasteiger charge is 2.12. The molecule has 1 aliphatic rings. The molecule has 1 N–H and O–H groups in total. The summed E-state index contributed by atoms with van der Waals surface area (Å²) in [6.07, 6.45) is 2.42. The fourth-order valence-corrected chi connectivity index (χ4v) is 1.96. The molecule has 0 fully saturated rings. The Bertz CT molecular complexity index is 629. The third-order valence-electron chi connectivity index (χ3n) is 2.89. The number of pyridine rings is 1. The molecule has 3 nitrogen and oxygen atoms in total. The summed E-state index contributed by atoms with van der Waals surface area (Å²) in [4.78, 5) is 8.88. The smallest absolute Gasteiger partial charge is 0.0855 e. The molecule has 2 aromatic rings. The van der Waals surface area contributed by atoms with Gasteiger partial charge in [0.2, 0.25) is 0 Å². The Kier molecular flexibility index (Phi) is 2.46. The molecule has 0 aliphatic carbocycles. The van der Waals surface area contributed by atoms with E-state index in [4.69, 9.17) is 5.11 Å². The number of aromatic nitrogens is 1. The van der Waals surface area contributed by atoms with Crippen LogP contribution in [0.1, 0.15) is 12.1 Å². The van der Waals surface area contributed by atoms with Gasteiger partial charge in [0.25, 0.3) is 0 Å². The second-order valence-electron chi connectivity index (χ2n) is 4.09. The molecule has 1 aliphatic heterocycles. The van der Waals surface area contributed by atoms with Crippen LogP contribution in [0.4, 0.5) is 0 Å². The molecular weight excluding hydrogens is 212 g/mol. The van der Waals surface area contributed by atoms with Crippen molar-refractivity contribution in [3.8, 4) is 0 Å². The summed E-state index contributed by atoms with van der Waals surface area (Å²) >= 11 is 0. The lowest BCUT2D eigenvalue weighted by Crippen LogP contribution is -2.02. The van der Waals surface area contributed by atoms with E-state index in [0.29, 0.717) is 6.42 Å². The molecule has 0 atom stereocenters. The van der Waals surface area contributed by atoms with Gasteiger partial charge in [-0.2, -0.15) is 0 Å². The second kappa shape index (κ2) is 4.11. The summed E-state index contributed by atoms with van der Waals surface area (Å²) in [6.45, 7) is 0.0700. The predicted octanol–water partition coefficient (Wildman–Crippen LogP) is 2.30. The van der Waals surface area contributed by atoms with Crippen molar-refractivity contribution in [2.75, 3.05) is 6.61 Å². The number of hydrogen-bond acceptors (Lipinski definition) is 3. The molecule has 1 aromatic carbocycles. The SMILES string of the molecule is OCC1=CN=C(c2ccc3ccccc3n2)C1. The Morgan fingerprint density at radius 3 is 2.82 bits per heavy atom. The largest absolute Gasteiger partial charge is 0.392 e. The Morgan fingerprint density at radius 1 is 1.12 bits per heavy atom. The third kappa shape index (κ3) is 1.85. The topological polar surface area (TPSA) is 45.5 Å². The maximum atomic E-state index is 9.04. The van der Waals surface area contributed by atoms with Crippen LogP contribution >= 0.6 is 0 Å². The van der Waals surface area contributed by atoms with E-state index in [1.54, 1.807) is 6.20 Å². The summed E-state index contributed by atoms with van der Waals surface area (Å²) in [7, 11) is 0. The molecule has 0 spiro atoms. The lowest BCUT2D eigenvalue weighted by atomic mass is 10.1. The van der Waals surface area contributed by atoms with Gasteiger partial charge in [0.15, 0.2) is 0 Å². The van der Waals surface area contributed by atoms with Crippen molar-refractivity contribution in [3.05, 3.63) is 53.9 Å². The van der Waals surface area contributed by atoms with Gasteiger partial charge in [0.05, 0.1) is 23.5 Å². The van der Waals surface area contributed by atoms with E-state index >= 15 is 0 Å². The maximum absolute atomic E-state index is 9.04. The van der Waals surface area contributed by atoms with Crippen molar-refractivity contribution in [1.29, 1.82) is 0 Å². The lowest BCUT2D eigenvalue weighted by molar-refractivity contribution is 0.330. The molecule has 84 valence electrons. The van der Waals surface area contributed by atoms with Crippen LogP contribution in [-0.4, -0.2) is 22.4 Å². The number of aliphatic imine (C=N–C) groups is 1. The molecule has 2 heterocycles. The van der Waals surface area contributed by atoms with Crippen molar-refractivity contribution in [2.45, 2.75) is 6.42 Å². The van der Waals surface area contributed by atoms with Crippen molar-refractivity contribution in [3.63, 3.8) is 0 Å². The number of fused-ring (bicyclic) bond motifs is 1. The van der Waals surface area contributed by atoms with Gasteiger partial charge >= 0.3 is 0 Å². The highest BCUT2D eigenvalue weighted by molar-refractivity contribution is 6.03. The number of para-hydroxylation sites is 1. The number of rotatable bonds is 2. The highest BCUT2D eigenvalue weighted by atomic mass is 16.3. The van der Waals surface area contributed by atoms with Crippen LogP contribution in [0, 0.1) is 0 Å². The molecule has 0 saturated heterocycles. The van der Waals surface area contributed by atoms with Crippen LogP contribution in [0.25, 0.3) is 10.9 Å². The van der Waals surface area contributed by atoms with Crippen molar-refractivity contribution < 1.29 is 5.11 Å². The van der Waals surface area contributed by atoms with Crippen LogP contribution in [0.3, 0.4) is 0 Å². The molecule has 3 heteroatoms. The van der Waals surface area contributed by atoms with Crippen LogP contribution < -0.4 is 0 Å². The van der Waals surface area contributed by atoms with Crippen LogP contribution in [0.15, 0.2) is 53.2 Å². The second-order valence-corrected chi connectivity index (χ2v) is 4.09. The summed E-state index contributed by atoms with van der Waals surface area (Å²) in [5.74, 6) is 0. The molecule has 0 amide bonds. The standard InChI is InChI=1S/C14H12N2O/c17-9-10-7-14(15-8-10)13-6-5-11-3-1-2-4-12(11)16-13/h1-6,8,17H,7,9H2. The fourth-order valence-electron chi connectivity index (χ4n) is 1.96. The van der Waals surface area contributed by atoms with E-state index < -0.39 is 0 Å². The van der Waals surface area contributed by atoms with Gasteiger partial charge in [0.1, 0.15) is 0 Å². The average Bonchev–Trinajstić information content (AvgIpc) is 2.87. The van der Waals surface area contributed by atoms with Crippen molar-refractivity contribution >= 4 is 16.6 Å². The van der Waals surface area contributed by atoms with E-state index in [1.165, 1.54) is 0 Å². The maximum Gasteiger partial charge on any atom is 0.0855 e. The molecule has 0 saturated carbocycles. The van der Waals surface area contributed by atoms with Crippen LogP contribution in [-0.2, 0) is 0 Å². The first kappa shape index (κ1) is 10.2. The van der Waals surface area contributed by atoms with Crippen molar-refractivity contribution in [2.24, 2.45) is 4.99 Å². The molecule has 0 unspecified atom stereocenters. The normalized spacial score (nSPS) is 14.9. The summed E-state index contributed by atoms with van der Waals surface area (Å²) in [6, 6.07) is 12.1. The molecule has 0 bridgehead atoms. The van der Waals surface area contributed by atoms with Gasteiger partial charge in [-0.1, -0.05) is 24.3 Å². The number of nitrogens with zero attached hydrogens (tertiary/aromatic N) is 2. The molecule has 0 radical (unpaired) electrons. The average molecular weight is 224 g/mol. The van der Waals surface area contributed by atoms with E-state index in [0.717, 1.165) is 27.9 Å². The molecule has 3 rings (SSSR count). The van der Waals surface area contributed by atoms with E-state index in [9.17, 15) is 0 Å². The zero-order chi connectivity index (χ0) is 11.7. The Hall–Kier alpha value is -2.00. The minimum absolute atomic E-state index is 0.0700. The van der Waals surface area contributed by atoms with E-state index in [1.807, 2.05) is 30.3 Å². The number of hydrogen-bond donors (Lipinski definition) is 1. The van der Waals surface area contributed by atoms with Crippen LogP contribution in [0.2, 0.25) is 0 Å². The van der Waals surface area contributed by atoms with Gasteiger partial charge in [-0.25, -0.2) is 4.98 Å². The van der Waals surface area contributed by atoms with E-state index in [2.05, 4.69) is 16.0 Å². The fraction of sp³-hybridized carbons (Fsp3) is 0.143. The zero-order valence-electron chi connectivity index (χ0n) is 9.30. The quantitative estimate of drug-likeness (QED) is 0.850. The zero-order valence-corrected chi connectivity index (χ0v) is 9.30. The number of aliphatic hydroxyl groups excluding tert-OH is 1. The first-order valence-corrected chi connectivity index (χ1v) is 5.58. The lowest BCUT2D eigenvalue weighted by Gasteiger charge is -2.03. The van der Waals surface area contributed by atoms with Gasteiger partial charge in [-0.3, -0.25) is 4.99 Å². The van der Waals surface area contributed by atoms with Gasteiger partial charge in [0, 0.05) is 18.0 Å². The number of aliphatic hydroxyl groups is 1. The monoisotopic (exact) mass is 224 g/mol. The Balaban J connectivity index is 1.98. The van der Waals surface area contributed by atoms with Gasteiger partial charge in [-0.15, -0.1) is 0 Å². The molecule has 17 heavy (non-hydrogen) atoms. The Labute approximate surface area is 99.2 Å².